The molecule has 3 heterocycles. The van der Waals surface area contributed by atoms with Gasteiger partial charge in [0.25, 0.3) is 0 Å². The number of benzene rings is 3. The largest absolute Gasteiger partial charge is 0.441 e. The van der Waals surface area contributed by atoms with Crippen LogP contribution in [-0.2, 0) is 11.3 Å². The van der Waals surface area contributed by atoms with E-state index < -0.39 is 5.60 Å². The van der Waals surface area contributed by atoms with Crippen LogP contribution in [0.1, 0.15) is 43.9 Å². The van der Waals surface area contributed by atoms with Gasteiger partial charge in [0.1, 0.15) is 11.4 Å². The Bertz CT molecular complexity index is 1470. The van der Waals surface area contributed by atoms with Gasteiger partial charge in [0, 0.05) is 61.3 Å². The number of rotatable bonds is 5. The molecule has 2 aliphatic rings. The van der Waals surface area contributed by atoms with Crippen molar-refractivity contribution in [2.75, 3.05) is 24.5 Å². The Morgan fingerprint density at radius 3 is 2.37 bits per heavy atom. The summed E-state index contributed by atoms with van der Waals surface area (Å²) < 4.78 is 22.0. The normalized spacial score (nSPS) is 17.6. The molecule has 1 spiro atoms. The van der Waals surface area contributed by atoms with Gasteiger partial charge in [-0.2, -0.15) is 0 Å². The number of anilines is 1. The highest BCUT2D eigenvalue weighted by Gasteiger charge is 2.47. The predicted octanol–water partition coefficient (Wildman–Crippen LogP) is 7.33. The first-order valence-electron chi connectivity index (χ1n) is 13.5. The summed E-state index contributed by atoms with van der Waals surface area (Å²) in [6.45, 7) is 9.60. The average molecular weight is 512 g/mol. The third-order valence-electron chi connectivity index (χ3n) is 8.13. The Kier molecular flexibility index (Phi) is 6.23. The average Bonchev–Trinajstić information content (AvgIpc) is 3.44. The summed E-state index contributed by atoms with van der Waals surface area (Å²) >= 11 is 0. The molecule has 0 bridgehead atoms. The molecule has 0 radical (unpaired) electrons. The number of amides is 1. The highest BCUT2D eigenvalue weighted by atomic mass is 19.1. The molecule has 2 saturated heterocycles. The number of fused-ring (bicyclic) bond motifs is 1. The van der Waals surface area contributed by atoms with E-state index in [1.807, 2.05) is 43.3 Å². The summed E-state index contributed by atoms with van der Waals surface area (Å²) in [5.74, 6) is -0.225. The standard InChI is InChI=1S/C32H34FN3O2/c1-22(2)35-20-25(30-28(5-4-6-29(30)35)24-9-11-26(33)12-10-24)19-34-17-15-32(16-18-34)21-36(31(37)38-32)27-13-7-23(3)8-14-27/h4-14,20,22H,15-19,21H2,1-3H3. The van der Waals surface area contributed by atoms with E-state index in [9.17, 15) is 9.18 Å². The number of carbonyl (C=O) groups is 1. The lowest BCUT2D eigenvalue weighted by molar-refractivity contribution is -0.000890. The second-order valence-electron chi connectivity index (χ2n) is 11.1. The van der Waals surface area contributed by atoms with Gasteiger partial charge in [0.05, 0.1) is 6.54 Å². The number of piperidine rings is 1. The molecule has 1 aromatic heterocycles. The molecule has 0 unspecified atom stereocenters. The zero-order valence-electron chi connectivity index (χ0n) is 22.3. The summed E-state index contributed by atoms with van der Waals surface area (Å²) in [4.78, 5) is 17.0. The number of aryl methyl sites for hydroxylation is 1. The van der Waals surface area contributed by atoms with Gasteiger partial charge in [-0.15, -0.1) is 0 Å². The molecule has 0 N–H and O–H groups in total. The van der Waals surface area contributed by atoms with E-state index in [2.05, 4.69) is 47.7 Å². The molecule has 196 valence electrons. The minimum absolute atomic E-state index is 0.225. The van der Waals surface area contributed by atoms with Crippen molar-refractivity contribution >= 4 is 22.7 Å². The Balaban J connectivity index is 1.23. The van der Waals surface area contributed by atoms with E-state index in [1.165, 1.54) is 34.2 Å². The first-order chi connectivity index (χ1) is 18.3. The summed E-state index contributed by atoms with van der Waals surface area (Å²) in [5, 5.41) is 1.23. The number of likely N-dealkylation sites (tertiary alicyclic amines) is 1. The van der Waals surface area contributed by atoms with Crippen LogP contribution >= 0.6 is 0 Å². The fraction of sp³-hybridized carbons (Fsp3) is 0.344. The van der Waals surface area contributed by atoms with E-state index in [-0.39, 0.29) is 11.9 Å². The Hall–Kier alpha value is -3.64. The van der Waals surface area contributed by atoms with Gasteiger partial charge in [-0.1, -0.05) is 42.0 Å². The number of nitrogens with zero attached hydrogens (tertiary/aromatic N) is 3. The molecule has 0 atom stereocenters. The maximum absolute atomic E-state index is 13.7. The Labute approximate surface area is 223 Å². The van der Waals surface area contributed by atoms with Crippen LogP contribution in [-0.4, -0.2) is 40.8 Å². The van der Waals surface area contributed by atoms with E-state index in [0.717, 1.165) is 49.3 Å². The van der Waals surface area contributed by atoms with Crippen LogP contribution in [0.25, 0.3) is 22.0 Å². The van der Waals surface area contributed by atoms with E-state index in [0.29, 0.717) is 12.6 Å². The Morgan fingerprint density at radius 1 is 0.974 bits per heavy atom. The van der Waals surface area contributed by atoms with Gasteiger partial charge < -0.3 is 9.30 Å². The minimum atomic E-state index is -0.427. The lowest BCUT2D eigenvalue weighted by atomic mass is 9.90. The van der Waals surface area contributed by atoms with Crippen molar-refractivity contribution in [3.8, 4) is 11.1 Å². The fourth-order valence-corrected chi connectivity index (χ4v) is 5.98. The number of halogens is 1. The molecule has 1 amide bonds. The second-order valence-corrected chi connectivity index (χ2v) is 11.1. The number of hydrogen-bond acceptors (Lipinski definition) is 3. The van der Waals surface area contributed by atoms with Crippen LogP contribution in [0, 0.1) is 12.7 Å². The molecular formula is C32H34FN3O2. The predicted molar refractivity (Wildman–Crippen MR) is 150 cm³/mol. The number of aromatic nitrogens is 1. The monoisotopic (exact) mass is 511 g/mol. The second kappa shape index (κ2) is 9.59. The molecule has 0 saturated carbocycles. The third-order valence-corrected chi connectivity index (χ3v) is 8.13. The molecule has 3 aromatic carbocycles. The van der Waals surface area contributed by atoms with Crippen molar-refractivity contribution in [1.29, 1.82) is 0 Å². The maximum atomic E-state index is 13.7. The van der Waals surface area contributed by atoms with Crippen LogP contribution in [0.15, 0.2) is 72.9 Å². The zero-order valence-corrected chi connectivity index (χ0v) is 22.3. The number of ether oxygens (including phenoxy) is 1. The topological polar surface area (TPSA) is 37.7 Å². The molecular weight excluding hydrogens is 477 g/mol. The SMILES string of the molecule is Cc1ccc(N2CC3(CCN(Cc4cn(C(C)C)c5cccc(-c6ccc(F)cc6)c45)CC3)OC2=O)cc1. The number of carbonyl (C=O) groups excluding carboxylic acids is 1. The van der Waals surface area contributed by atoms with Gasteiger partial charge in [-0.3, -0.25) is 9.80 Å². The van der Waals surface area contributed by atoms with E-state index in [1.54, 1.807) is 4.90 Å². The van der Waals surface area contributed by atoms with Crippen LogP contribution < -0.4 is 4.90 Å². The van der Waals surface area contributed by atoms with Crippen molar-refractivity contribution in [2.45, 2.75) is 51.8 Å². The highest BCUT2D eigenvalue weighted by Crippen LogP contribution is 2.38. The van der Waals surface area contributed by atoms with Crippen LogP contribution in [0.3, 0.4) is 0 Å². The first-order valence-corrected chi connectivity index (χ1v) is 13.5. The summed E-state index contributed by atoms with van der Waals surface area (Å²) in [7, 11) is 0. The molecule has 6 rings (SSSR count). The molecule has 4 aromatic rings. The number of hydrogen-bond donors (Lipinski definition) is 0. The molecule has 6 heteroatoms. The van der Waals surface area contributed by atoms with Crippen LogP contribution in [0.4, 0.5) is 14.9 Å². The molecule has 0 aliphatic carbocycles. The highest BCUT2D eigenvalue weighted by molar-refractivity contribution is 5.98. The summed E-state index contributed by atoms with van der Waals surface area (Å²) in [5.41, 5.74) is 6.26. The lowest BCUT2D eigenvalue weighted by Crippen LogP contribution is -2.46. The Morgan fingerprint density at radius 2 is 1.68 bits per heavy atom. The van der Waals surface area contributed by atoms with Gasteiger partial charge >= 0.3 is 6.09 Å². The molecule has 5 nitrogen and oxygen atoms in total. The fourth-order valence-electron chi connectivity index (χ4n) is 5.98. The summed E-state index contributed by atoms with van der Waals surface area (Å²) in [6.07, 6.45) is 3.66. The maximum Gasteiger partial charge on any atom is 0.415 e. The van der Waals surface area contributed by atoms with Crippen molar-refractivity contribution in [1.82, 2.24) is 9.47 Å². The summed E-state index contributed by atoms with van der Waals surface area (Å²) in [6, 6.07) is 21.5. The van der Waals surface area contributed by atoms with E-state index >= 15 is 0 Å². The smallest absolute Gasteiger partial charge is 0.415 e. The van der Waals surface area contributed by atoms with Gasteiger partial charge in [-0.25, -0.2) is 9.18 Å². The van der Waals surface area contributed by atoms with Crippen LogP contribution in [0.2, 0.25) is 0 Å². The van der Waals surface area contributed by atoms with Gasteiger partial charge in [0.2, 0.25) is 0 Å². The minimum Gasteiger partial charge on any atom is -0.441 e. The molecule has 2 aliphatic heterocycles. The zero-order chi connectivity index (χ0) is 26.4. The molecule has 2 fully saturated rings. The third kappa shape index (κ3) is 4.47. The van der Waals surface area contributed by atoms with Crippen molar-refractivity contribution in [3.63, 3.8) is 0 Å². The van der Waals surface area contributed by atoms with Crippen molar-refractivity contribution in [2.24, 2.45) is 0 Å². The first kappa shape index (κ1) is 24.7. The van der Waals surface area contributed by atoms with Crippen molar-refractivity contribution in [3.05, 3.63) is 89.9 Å². The van der Waals surface area contributed by atoms with Gasteiger partial charge in [0.15, 0.2) is 0 Å². The molecule has 38 heavy (non-hydrogen) atoms. The van der Waals surface area contributed by atoms with E-state index in [4.69, 9.17) is 4.74 Å². The van der Waals surface area contributed by atoms with Crippen LogP contribution in [0.5, 0.6) is 0 Å². The quantitative estimate of drug-likeness (QED) is 0.282. The van der Waals surface area contributed by atoms with Gasteiger partial charge in [-0.05, 0) is 67.8 Å². The van der Waals surface area contributed by atoms with Crippen molar-refractivity contribution < 1.29 is 13.9 Å². The lowest BCUT2D eigenvalue weighted by Gasteiger charge is -2.37.